The van der Waals surface area contributed by atoms with Gasteiger partial charge in [0.25, 0.3) is 0 Å². The largest absolute Gasteiger partial charge is 0.443 e. The normalized spacial score (nSPS) is 16.6. The lowest BCUT2D eigenvalue weighted by Crippen LogP contribution is -2.54. The Morgan fingerprint density at radius 1 is 1.17 bits per heavy atom. The average molecular weight is 437 g/mol. The maximum atomic E-state index is 13.3. The summed E-state index contributed by atoms with van der Waals surface area (Å²) in [6.07, 6.45) is -0.455. The van der Waals surface area contributed by atoms with E-state index in [2.05, 4.69) is 10.2 Å². The van der Waals surface area contributed by atoms with E-state index in [1.165, 1.54) is 0 Å². The van der Waals surface area contributed by atoms with Gasteiger partial charge in [0, 0.05) is 7.05 Å². The second kappa shape index (κ2) is 7.61. The number of aromatic nitrogens is 4. The minimum absolute atomic E-state index is 0.0415. The molecule has 2 aromatic heterocycles. The molecule has 0 bridgehead atoms. The standard InChI is InChI=1S/C20H29ClN6O3/c1-11-9-25(19(29)30-20(5,6)7)17-13(3)22-24(8)18(17)27(11)15(28)10-26-14(4)16(21)12(2)23-26/h11H,9-10H2,1-8H3. The Morgan fingerprint density at radius 2 is 1.80 bits per heavy atom. The second-order valence-electron chi connectivity index (χ2n) is 8.73. The first kappa shape index (κ1) is 22.1. The molecule has 3 heterocycles. The van der Waals surface area contributed by atoms with E-state index >= 15 is 0 Å². The topological polar surface area (TPSA) is 85.5 Å². The summed E-state index contributed by atoms with van der Waals surface area (Å²) in [5.74, 6) is 0.410. The summed E-state index contributed by atoms with van der Waals surface area (Å²) in [5, 5.41) is 9.39. The summed E-state index contributed by atoms with van der Waals surface area (Å²) in [5.41, 5.74) is 2.03. The van der Waals surface area contributed by atoms with Gasteiger partial charge >= 0.3 is 6.09 Å². The third kappa shape index (κ3) is 3.90. The summed E-state index contributed by atoms with van der Waals surface area (Å²) >= 11 is 6.23. The maximum Gasteiger partial charge on any atom is 0.415 e. The lowest BCUT2D eigenvalue weighted by Gasteiger charge is -2.40. The smallest absolute Gasteiger partial charge is 0.415 e. The number of halogens is 1. The molecular weight excluding hydrogens is 408 g/mol. The molecule has 0 aliphatic carbocycles. The van der Waals surface area contributed by atoms with E-state index in [9.17, 15) is 9.59 Å². The Bertz CT molecular complexity index is 1000. The molecule has 0 fully saturated rings. The molecule has 10 heteroatoms. The molecule has 0 aromatic carbocycles. The minimum atomic E-state index is -0.627. The first-order chi connectivity index (χ1) is 13.8. The Hall–Kier alpha value is -2.55. The van der Waals surface area contributed by atoms with E-state index in [-0.39, 0.29) is 18.5 Å². The molecule has 3 rings (SSSR count). The fourth-order valence-corrected chi connectivity index (χ4v) is 3.88. The highest BCUT2D eigenvalue weighted by Gasteiger charge is 2.40. The number of aryl methyl sites for hydroxylation is 3. The molecule has 9 nitrogen and oxygen atoms in total. The lowest BCUT2D eigenvalue weighted by atomic mass is 10.1. The van der Waals surface area contributed by atoms with Gasteiger partial charge in [0.15, 0.2) is 5.82 Å². The molecule has 0 radical (unpaired) electrons. The highest BCUT2D eigenvalue weighted by molar-refractivity contribution is 6.31. The first-order valence-corrected chi connectivity index (χ1v) is 10.2. The van der Waals surface area contributed by atoms with Crippen LogP contribution >= 0.6 is 11.6 Å². The van der Waals surface area contributed by atoms with E-state index in [1.54, 1.807) is 33.1 Å². The zero-order chi connectivity index (χ0) is 22.5. The van der Waals surface area contributed by atoms with Crippen LogP contribution < -0.4 is 9.80 Å². The number of hydrogen-bond donors (Lipinski definition) is 0. The van der Waals surface area contributed by atoms with Gasteiger partial charge < -0.3 is 4.74 Å². The van der Waals surface area contributed by atoms with Crippen LogP contribution in [0.25, 0.3) is 0 Å². The Morgan fingerprint density at radius 3 is 2.33 bits per heavy atom. The van der Waals surface area contributed by atoms with Crippen LogP contribution in [-0.4, -0.2) is 49.7 Å². The molecule has 1 atom stereocenters. The molecule has 1 aliphatic rings. The predicted molar refractivity (Wildman–Crippen MR) is 115 cm³/mol. The van der Waals surface area contributed by atoms with Crippen LogP contribution in [0.5, 0.6) is 0 Å². The quantitative estimate of drug-likeness (QED) is 0.720. The fourth-order valence-electron chi connectivity index (χ4n) is 3.75. The third-order valence-electron chi connectivity index (χ3n) is 5.01. The number of amides is 2. The molecule has 0 spiro atoms. The zero-order valence-electron chi connectivity index (χ0n) is 18.8. The summed E-state index contributed by atoms with van der Waals surface area (Å²) in [6, 6.07) is -0.278. The third-order valence-corrected chi connectivity index (χ3v) is 5.55. The monoisotopic (exact) mass is 436 g/mol. The van der Waals surface area contributed by atoms with Gasteiger partial charge in [-0.3, -0.25) is 24.0 Å². The van der Waals surface area contributed by atoms with E-state index < -0.39 is 11.7 Å². The van der Waals surface area contributed by atoms with Crippen molar-refractivity contribution >= 4 is 35.1 Å². The number of carbonyl (C=O) groups excluding carboxylic acids is 2. The maximum absolute atomic E-state index is 13.3. The van der Waals surface area contributed by atoms with Gasteiger partial charge in [0.05, 0.1) is 34.7 Å². The van der Waals surface area contributed by atoms with Crippen LogP contribution in [-0.2, 0) is 23.1 Å². The van der Waals surface area contributed by atoms with Crippen LogP contribution in [0.4, 0.5) is 16.3 Å². The van der Waals surface area contributed by atoms with Crippen molar-refractivity contribution in [2.75, 3.05) is 16.3 Å². The van der Waals surface area contributed by atoms with Gasteiger partial charge in [0.2, 0.25) is 5.91 Å². The summed E-state index contributed by atoms with van der Waals surface area (Å²) in [7, 11) is 1.76. The second-order valence-corrected chi connectivity index (χ2v) is 9.11. The number of nitrogens with zero attached hydrogens (tertiary/aromatic N) is 6. The number of carbonyl (C=O) groups is 2. The van der Waals surface area contributed by atoms with Crippen molar-refractivity contribution in [3.05, 3.63) is 22.1 Å². The van der Waals surface area contributed by atoms with Gasteiger partial charge in [-0.05, 0) is 48.5 Å². The minimum Gasteiger partial charge on any atom is -0.443 e. The molecule has 2 aromatic rings. The summed E-state index contributed by atoms with van der Waals surface area (Å²) in [6.45, 7) is 13.2. The van der Waals surface area contributed by atoms with Crippen molar-refractivity contribution in [2.45, 2.75) is 66.7 Å². The van der Waals surface area contributed by atoms with Crippen LogP contribution in [0.3, 0.4) is 0 Å². The van der Waals surface area contributed by atoms with Crippen LogP contribution in [0.2, 0.25) is 5.02 Å². The highest BCUT2D eigenvalue weighted by Crippen LogP contribution is 2.39. The molecule has 0 saturated carbocycles. The van der Waals surface area contributed by atoms with Gasteiger partial charge in [-0.25, -0.2) is 4.79 Å². The van der Waals surface area contributed by atoms with Crippen molar-refractivity contribution in [2.24, 2.45) is 7.05 Å². The van der Waals surface area contributed by atoms with E-state index in [0.29, 0.717) is 34.5 Å². The number of rotatable bonds is 2. The Balaban J connectivity index is 1.98. The molecule has 1 aliphatic heterocycles. The van der Waals surface area contributed by atoms with Gasteiger partial charge in [-0.15, -0.1) is 0 Å². The van der Waals surface area contributed by atoms with Crippen molar-refractivity contribution in [3.63, 3.8) is 0 Å². The Labute approximate surface area is 181 Å². The summed E-state index contributed by atoms with van der Waals surface area (Å²) in [4.78, 5) is 29.4. The fraction of sp³-hybridized carbons (Fsp3) is 0.600. The molecule has 164 valence electrons. The molecule has 30 heavy (non-hydrogen) atoms. The lowest BCUT2D eigenvalue weighted by molar-refractivity contribution is -0.119. The molecule has 1 unspecified atom stereocenters. The first-order valence-electron chi connectivity index (χ1n) is 9.87. The van der Waals surface area contributed by atoms with Crippen LogP contribution in [0, 0.1) is 20.8 Å². The van der Waals surface area contributed by atoms with Crippen molar-refractivity contribution in [3.8, 4) is 0 Å². The van der Waals surface area contributed by atoms with Gasteiger partial charge in [0.1, 0.15) is 17.8 Å². The number of hydrogen-bond acceptors (Lipinski definition) is 5. The molecule has 0 saturated heterocycles. The molecule has 2 amide bonds. The van der Waals surface area contributed by atoms with E-state index in [0.717, 1.165) is 5.69 Å². The number of ether oxygens (including phenoxy) is 1. The van der Waals surface area contributed by atoms with E-state index in [1.807, 2.05) is 41.5 Å². The Kier molecular flexibility index (Phi) is 5.62. The van der Waals surface area contributed by atoms with Crippen molar-refractivity contribution in [1.29, 1.82) is 0 Å². The number of anilines is 2. The molecular formula is C20H29ClN6O3. The van der Waals surface area contributed by atoms with Crippen molar-refractivity contribution < 1.29 is 14.3 Å². The average Bonchev–Trinajstić information content (AvgIpc) is 3.03. The van der Waals surface area contributed by atoms with Gasteiger partial charge in [-0.1, -0.05) is 11.6 Å². The SMILES string of the molecule is Cc1nn(CC(=O)N2c3c(c(C)nn3C)N(C(=O)OC(C)(C)C)CC2C)c(C)c1Cl. The molecule has 0 N–H and O–H groups in total. The van der Waals surface area contributed by atoms with Crippen molar-refractivity contribution in [1.82, 2.24) is 19.6 Å². The number of fused-ring (bicyclic) bond motifs is 1. The van der Waals surface area contributed by atoms with Gasteiger partial charge in [-0.2, -0.15) is 10.2 Å². The van der Waals surface area contributed by atoms with Crippen LogP contribution in [0.15, 0.2) is 0 Å². The zero-order valence-corrected chi connectivity index (χ0v) is 19.5. The predicted octanol–water partition coefficient (Wildman–Crippen LogP) is 3.37. The highest BCUT2D eigenvalue weighted by atomic mass is 35.5. The van der Waals surface area contributed by atoms with E-state index in [4.69, 9.17) is 16.3 Å². The summed E-state index contributed by atoms with van der Waals surface area (Å²) < 4.78 is 8.82. The van der Waals surface area contributed by atoms with Crippen LogP contribution in [0.1, 0.15) is 44.8 Å².